The van der Waals surface area contributed by atoms with E-state index in [1.54, 1.807) is 13.8 Å². The van der Waals surface area contributed by atoms with Gasteiger partial charge in [0.15, 0.2) is 0 Å². The Morgan fingerprint density at radius 1 is 1.29 bits per heavy atom. The largest absolute Gasteiger partial charge is 0.351 e. The van der Waals surface area contributed by atoms with Gasteiger partial charge >= 0.3 is 0 Å². The summed E-state index contributed by atoms with van der Waals surface area (Å²) in [5.41, 5.74) is -0.695. The number of halogens is 2. The topological polar surface area (TPSA) is 58.2 Å². The Labute approximate surface area is 122 Å². The fraction of sp³-hybridized carbons (Fsp3) is 0.333. The fourth-order valence-corrected chi connectivity index (χ4v) is 1.75. The highest BCUT2D eigenvalue weighted by molar-refractivity contribution is 5.98. The van der Waals surface area contributed by atoms with E-state index in [1.807, 2.05) is 0 Å². The number of hydrogen-bond acceptors (Lipinski definition) is 2. The third kappa shape index (κ3) is 4.37. The molecule has 0 heterocycles. The second kappa shape index (κ2) is 7.52. The van der Waals surface area contributed by atoms with E-state index in [2.05, 4.69) is 17.2 Å². The molecule has 6 heteroatoms. The lowest BCUT2D eigenvalue weighted by Gasteiger charge is -2.21. The molecule has 0 spiro atoms. The van der Waals surface area contributed by atoms with E-state index in [1.165, 1.54) is 6.08 Å². The van der Waals surface area contributed by atoms with E-state index in [9.17, 15) is 18.4 Å². The first-order valence-electron chi connectivity index (χ1n) is 6.52. The van der Waals surface area contributed by atoms with Gasteiger partial charge in [-0.25, -0.2) is 8.78 Å². The minimum atomic E-state index is -0.971. The fourth-order valence-electron chi connectivity index (χ4n) is 1.75. The van der Waals surface area contributed by atoms with Crippen LogP contribution in [0, 0.1) is 17.6 Å². The van der Waals surface area contributed by atoms with E-state index in [-0.39, 0.29) is 12.5 Å². The quantitative estimate of drug-likeness (QED) is 0.789. The lowest BCUT2D eigenvalue weighted by Crippen LogP contribution is -2.50. The van der Waals surface area contributed by atoms with Gasteiger partial charge in [-0.1, -0.05) is 26.0 Å². The summed E-state index contributed by atoms with van der Waals surface area (Å²) < 4.78 is 27.1. The molecule has 0 bridgehead atoms. The average Bonchev–Trinajstić information content (AvgIpc) is 2.41. The van der Waals surface area contributed by atoms with Crippen LogP contribution in [0.25, 0.3) is 0 Å². The van der Waals surface area contributed by atoms with Crippen LogP contribution in [0.1, 0.15) is 24.2 Å². The van der Waals surface area contributed by atoms with Crippen LogP contribution in [0.5, 0.6) is 0 Å². The molecule has 1 atom stereocenters. The molecule has 0 aliphatic rings. The Bertz CT molecular complexity index is 524. The number of amides is 2. The molecule has 114 valence electrons. The van der Waals surface area contributed by atoms with Crippen molar-refractivity contribution in [2.45, 2.75) is 19.9 Å². The summed E-state index contributed by atoms with van der Waals surface area (Å²) in [6.45, 7) is 7.15. The highest BCUT2D eigenvalue weighted by atomic mass is 19.1. The molecule has 0 saturated carbocycles. The van der Waals surface area contributed by atoms with Crippen LogP contribution in [0.3, 0.4) is 0 Å². The summed E-state index contributed by atoms with van der Waals surface area (Å²) in [7, 11) is 0. The zero-order valence-corrected chi connectivity index (χ0v) is 12.0. The first kappa shape index (κ1) is 16.8. The highest BCUT2D eigenvalue weighted by Crippen LogP contribution is 2.13. The maximum atomic E-state index is 13.5. The predicted molar refractivity (Wildman–Crippen MR) is 75.7 cm³/mol. The van der Waals surface area contributed by atoms with Crippen LogP contribution >= 0.6 is 0 Å². The van der Waals surface area contributed by atoms with Crippen molar-refractivity contribution in [3.8, 4) is 0 Å². The summed E-state index contributed by atoms with van der Waals surface area (Å²) in [4.78, 5) is 23.9. The van der Waals surface area contributed by atoms with Gasteiger partial charge in [0, 0.05) is 6.54 Å². The third-order valence-corrected chi connectivity index (χ3v) is 2.85. The Morgan fingerprint density at radius 3 is 2.33 bits per heavy atom. The molecule has 0 radical (unpaired) electrons. The number of hydrogen-bond donors (Lipinski definition) is 2. The van der Waals surface area contributed by atoms with Crippen molar-refractivity contribution in [2.75, 3.05) is 6.54 Å². The van der Waals surface area contributed by atoms with Crippen LogP contribution < -0.4 is 10.6 Å². The van der Waals surface area contributed by atoms with Gasteiger partial charge in [-0.05, 0) is 18.1 Å². The monoisotopic (exact) mass is 296 g/mol. The van der Waals surface area contributed by atoms with E-state index >= 15 is 0 Å². The molecule has 1 aromatic rings. The van der Waals surface area contributed by atoms with Crippen molar-refractivity contribution in [1.29, 1.82) is 0 Å². The summed E-state index contributed by atoms with van der Waals surface area (Å²) >= 11 is 0. The van der Waals surface area contributed by atoms with E-state index in [0.717, 1.165) is 18.2 Å². The summed E-state index contributed by atoms with van der Waals surface area (Å²) in [6.07, 6.45) is 1.49. The van der Waals surface area contributed by atoms with Gasteiger partial charge < -0.3 is 10.6 Å². The molecule has 0 aliphatic heterocycles. The molecule has 2 amide bonds. The van der Waals surface area contributed by atoms with Gasteiger partial charge in [-0.2, -0.15) is 0 Å². The number of carbonyl (C=O) groups is 2. The maximum Gasteiger partial charge on any atom is 0.257 e. The Hall–Kier alpha value is -2.24. The van der Waals surface area contributed by atoms with Crippen molar-refractivity contribution < 1.29 is 18.4 Å². The lowest BCUT2D eigenvalue weighted by atomic mass is 10.0. The van der Waals surface area contributed by atoms with E-state index in [0.29, 0.717) is 0 Å². The number of rotatable bonds is 6. The smallest absolute Gasteiger partial charge is 0.257 e. The second-order valence-electron chi connectivity index (χ2n) is 4.83. The summed E-state index contributed by atoms with van der Waals surface area (Å²) in [5, 5.41) is 4.90. The van der Waals surface area contributed by atoms with Crippen LogP contribution in [-0.4, -0.2) is 24.4 Å². The Morgan fingerprint density at radius 2 is 1.86 bits per heavy atom. The van der Waals surface area contributed by atoms with Crippen LogP contribution in [-0.2, 0) is 4.79 Å². The first-order chi connectivity index (χ1) is 9.88. The zero-order valence-electron chi connectivity index (χ0n) is 12.0. The summed E-state index contributed by atoms with van der Waals surface area (Å²) in [5.74, 6) is -3.58. The van der Waals surface area contributed by atoms with Gasteiger partial charge in [0.2, 0.25) is 5.91 Å². The molecule has 2 N–H and O–H groups in total. The lowest BCUT2D eigenvalue weighted by molar-refractivity contribution is -0.123. The van der Waals surface area contributed by atoms with Gasteiger partial charge in [0.1, 0.15) is 23.2 Å². The molecule has 0 saturated heterocycles. The van der Waals surface area contributed by atoms with Crippen molar-refractivity contribution in [1.82, 2.24) is 10.6 Å². The van der Waals surface area contributed by atoms with Crippen LogP contribution in [0.4, 0.5) is 8.78 Å². The molecule has 1 aromatic carbocycles. The molecule has 4 nitrogen and oxygen atoms in total. The highest BCUT2D eigenvalue weighted by Gasteiger charge is 2.26. The van der Waals surface area contributed by atoms with Gasteiger partial charge in [-0.15, -0.1) is 6.58 Å². The molecule has 1 rings (SSSR count). The number of carbonyl (C=O) groups excluding carboxylic acids is 2. The summed E-state index contributed by atoms with van der Waals surface area (Å²) in [6, 6.07) is 2.25. The predicted octanol–water partition coefficient (Wildman–Crippen LogP) is 2.02. The normalized spacial score (nSPS) is 11.9. The molecule has 21 heavy (non-hydrogen) atoms. The number of benzene rings is 1. The minimum Gasteiger partial charge on any atom is -0.351 e. The van der Waals surface area contributed by atoms with Gasteiger partial charge in [0.05, 0.1) is 0 Å². The minimum absolute atomic E-state index is 0.242. The van der Waals surface area contributed by atoms with E-state index < -0.39 is 35.1 Å². The van der Waals surface area contributed by atoms with Gasteiger partial charge in [-0.3, -0.25) is 9.59 Å². The zero-order chi connectivity index (χ0) is 16.0. The van der Waals surface area contributed by atoms with Crippen molar-refractivity contribution in [3.63, 3.8) is 0 Å². The van der Waals surface area contributed by atoms with Crippen molar-refractivity contribution in [2.24, 2.45) is 5.92 Å². The Kier molecular flexibility index (Phi) is 6.02. The van der Waals surface area contributed by atoms with Gasteiger partial charge in [0.25, 0.3) is 5.91 Å². The average molecular weight is 296 g/mol. The molecule has 0 unspecified atom stereocenters. The molecule has 0 aromatic heterocycles. The maximum absolute atomic E-state index is 13.5. The molecule has 0 aliphatic carbocycles. The molecule has 0 fully saturated rings. The van der Waals surface area contributed by atoms with Crippen LogP contribution in [0.2, 0.25) is 0 Å². The molecular weight excluding hydrogens is 278 g/mol. The first-order valence-corrected chi connectivity index (χ1v) is 6.52. The number of nitrogens with one attached hydrogen (secondary N) is 2. The van der Waals surface area contributed by atoms with Crippen LogP contribution in [0.15, 0.2) is 30.9 Å². The Balaban J connectivity index is 2.91. The van der Waals surface area contributed by atoms with Crippen molar-refractivity contribution >= 4 is 11.8 Å². The van der Waals surface area contributed by atoms with Crippen molar-refractivity contribution in [3.05, 3.63) is 48.1 Å². The standard InChI is InChI=1S/C15H18F2N2O2/c1-4-8-18-15(21)13(9(2)3)19-14(20)12-10(16)6-5-7-11(12)17/h4-7,9,13H,1,8H2,2-3H3,(H,18,21)(H,19,20)/t13-/m0/s1. The van der Waals surface area contributed by atoms with E-state index in [4.69, 9.17) is 0 Å². The molecular formula is C15H18F2N2O2. The SMILES string of the molecule is C=CCNC(=O)[C@@H](NC(=O)c1c(F)cccc1F)C(C)C. The second-order valence-corrected chi connectivity index (χ2v) is 4.83. The third-order valence-electron chi connectivity index (χ3n) is 2.85.